The van der Waals surface area contributed by atoms with Crippen LogP contribution in [-0.2, 0) is 4.79 Å². The van der Waals surface area contributed by atoms with Crippen LogP contribution >= 0.6 is 0 Å². The summed E-state index contributed by atoms with van der Waals surface area (Å²) in [6, 6.07) is 0. The van der Waals surface area contributed by atoms with Gasteiger partial charge in [0.2, 0.25) is 0 Å². The number of Topliss-reactive ketones (excluding diaryl/α,β-unsaturated/α-hetero) is 1. The molecule has 0 saturated carbocycles. The Labute approximate surface area is 80.5 Å². The first-order valence-electron chi connectivity index (χ1n) is 5.08. The monoisotopic (exact) mass is 178 g/mol. The summed E-state index contributed by atoms with van der Waals surface area (Å²) in [5.74, 6) is 0.891. The van der Waals surface area contributed by atoms with Gasteiger partial charge in [-0.05, 0) is 25.7 Å². The minimum absolute atomic E-state index is 0.153. The first kappa shape index (κ1) is 10.2. The van der Waals surface area contributed by atoms with Crippen molar-refractivity contribution < 1.29 is 4.79 Å². The molecule has 0 N–H and O–H groups in total. The van der Waals surface area contributed by atoms with E-state index in [1.807, 2.05) is 0 Å². The molecule has 0 amide bonds. The first-order valence-corrected chi connectivity index (χ1v) is 5.08. The molecule has 1 aliphatic carbocycles. The highest BCUT2D eigenvalue weighted by atomic mass is 16.1. The molecule has 1 rings (SSSR count). The third-order valence-corrected chi connectivity index (χ3v) is 2.81. The summed E-state index contributed by atoms with van der Waals surface area (Å²) in [5, 5.41) is 0. The van der Waals surface area contributed by atoms with Crippen LogP contribution in [0, 0.1) is 11.8 Å². The molecule has 0 aromatic heterocycles. The van der Waals surface area contributed by atoms with E-state index < -0.39 is 0 Å². The van der Waals surface area contributed by atoms with Crippen LogP contribution < -0.4 is 0 Å². The number of allylic oxidation sites excluding steroid dienone is 4. The summed E-state index contributed by atoms with van der Waals surface area (Å²) in [6.45, 7) is 5.97. The molecular weight excluding hydrogens is 160 g/mol. The van der Waals surface area contributed by atoms with Crippen molar-refractivity contribution in [3.63, 3.8) is 0 Å². The third kappa shape index (κ3) is 2.09. The zero-order valence-electron chi connectivity index (χ0n) is 8.71. The smallest absolute Gasteiger partial charge is 0.137 e. The van der Waals surface area contributed by atoms with Crippen LogP contribution in [0.4, 0.5) is 0 Å². The van der Waals surface area contributed by atoms with Gasteiger partial charge in [0.15, 0.2) is 0 Å². The van der Waals surface area contributed by atoms with E-state index in [9.17, 15) is 4.79 Å². The van der Waals surface area contributed by atoms with Crippen molar-refractivity contribution in [1.82, 2.24) is 0 Å². The molecule has 0 saturated heterocycles. The fourth-order valence-electron chi connectivity index (χ4n) is 2.08. The molecule has 1 nitrogen and oxygen atoms in total. The lowest BCUT2D eigenvalue weighted by Gasteiger charge is -2.26. The van der Waals surface area contributed by atoms with E-state index in [0.717, 1.165) is 12.8 Å². The number of hydrogen-bond donors (Lipinski definition) is 0. The molecule has 0 aromatic rings. The van der Waals surface area contributed by atoms with E-state index in [2.05, 4.69) is 32.1 Å². The number of ketones is 1. The molecule has 0 bridgehead atoms. The Morgan fingerprint density at radius 3 is 2.62 bits per heavy atom. The molecule has 0 heterocycles. The normalized spacial score (nSPS) is 27.2. The highest BCUT2D eigenvalue weighted by Gasteiger charge is 2.26. The second-order valence-electron chi connectivity index (χ2n) is 3.64. The second-order valence-corrected chi connectivity index (χ2v) is 3.64. The van der Waals surface area contributed by atoms with Gasteiger partial charge in [-0.25, -0.2) is 0 Å². The first-order chi connectivity index (χ1) is 6.20. The topological polar surface area (TPSA) is 17.1 Å². The van der Waals surface area contributed by atoms with E-state index >= 15 is 0 Å². The molecule has 2 atom stereocenters. The fraction of sp³-hybridized carbons (Fsp3) is 0.583. The molecule has 0 fully saturated rings. The molecule has 0 aliphatic heterocycles. The lowest BCUT2D eigenvalue weighted by Crippen LogP contribution is -2.23. The lowest BCUT2D eigenvalue weighted by molar-refractivity contribution is -0.120. The standard InChI is InChI=1S/C12H18O/c1-4-10-7-6-8-11(5-2)12(10)9(3)13/h6-8,10,12H,4-5H2,1-3H3. The highest BCUT2D eigenvalue weighted by molar-refractivity contribution is 5.82. The minimum Gasteiger partial charge on any atom is -0.299 e. The molecule has 1 heteroatoms. The van der Waals surface area contributed by atoms with Crippen LogP contribution in [0.15, 0.2) is 23.8 Å². The predicted molar refractivity (Wildman–Crippen MR) is 55.5 cm³/mol. The van der Waals surface area contributed by atoms with Crippen LogP contribution in [0.5, 0.6) is 0 Å². The van der Waals surface area contributed by atoms with Crippen LogP contribution in [0.3, 0.4) is 0 Å². The maximum atomic E-state index is 11.5. The Balaban J connectivity index is 2.89. The van der Waals surface area contributed by atoms with Gasteiger partial charge in [0.05, 0.1) is 0 Å². The largest absolute Gasteiger partial charge is 0.299 e. The van der Waals surface area contributed by atoms with Crippen LogP contribution in [0.25, 0.3) is 0 Å². The number of rotatable bonds is 3. The summed E-state index contributed by atoms with van der Waals surface area (Å²) in [7, 11) is 0. The van der Waals surface area contributed by atoms with E-state index in [0.29, 0.717) is 11.7 Å². The molecule has 1 aliphatic rings. The Bertz CT molecular complexity index is 248. The summed E-state index contributed by atoms with van der Waals surface area (Å²) >= 11 is 0. The summed E-state index contributed by atoms with van der Waals surface area (Å²) < 4.78 is 0. The predicted octanol–water partition coefficient (Wildman–Crippen LogP) is 3.12. The lowest BCUT2D eigenvalue weighted by atomic mass is 9.77. The van der Waals surface area contributed by atoms with Gasteiger partial charge in [-0.2, -0.15) is 0 Å². The Morgan fingerprint density at radius 1 is 1.46 bits per heavy atom. The van der Waals surface area contributed by atoms with Crippen molar-refractivity contribution in [2.75, 3.05) is 0 Å². The quantitative estimate of drug-likeness (QED) is 0.649. The summed E-state index contributed by atoms with van der Waals surface area (Å²) in [6.07, 6.45) is 8.39. The average Bonchev–Trinajstić information content (AvgIpc) is 2.16. The van der Waals surface area contributed by atoms with Gasteiger partial charge >= 0.3 is 0 Å². The number of carbonyl (C=O) groups excluding carboxylic acids is 1. The Morgan fingerprint density at radius 2 is 2.15 bits per heavy atom. The molecule has 2 unspecified atom stereocenters. The van der Waals surface area contributed by atoms with Gasteiger partial charge in [-0.3, -0.25) is 4.79 Å². The Hall–Kier alpha value is -0.850. The van der Waals surface area contributed by atoms with Gasteiger partial charge in [0, 0.05) is 5.92 Å². The van der Waals surface area contributed by atoms with Gasteiger partial charge in [0.1, 0.15) is 5.78 Å². The zero-order chi connectivity index (χ0) is 9.84. The van der Waals surface area contributed by atoms with E-state index in [4.69, 9.17) is 0 Å². The van der Waals surface area contributed by atoms with Gasteiger partial charge < -0.3 is 0 Å². The third-order valence-electron chi connectivity index (χ3n) is 2.81. The molecule has 0 radical (unpaired) electrons. The number of carbonyl (C=O) groups is 1. The van der Waals surface area contributed by atoms with Gasteiger partial charge in [-0.1, -0.05) is 37.6 Å². The maximum absolute atomic E-state index is 11.5. The van der Waals surface area contributed by atoms with Crippen molar-refractivity contribution in [2.45, 2.75) is 33.6 Å². The molecular formula is C12H18O. The van der Waals surface area contributed by atoms with Crippen molar-refractivity contribution in [2.24, 2.45) is 11.8 Å². The zero-order valence-corrected chi connectivity index (χ0v) is 8.71. The summed E-state index contributed by atoms with van der Waals surface area (Å²) in [4.78, 5) is 11.5. The fourth-order valence-corrected chi connectivity index (χ4v) is 2.08. The SMILES string of the molecule is CCC1=CC=CC(CC)C1C(C)=O. The van der Waals surface area contributed by atoms with Crippen molar-refractivity contribution in [1.29, 1.82) is 0 Å². The highest BCUT2D eigenvalue weighted by Crippen LogP contribution is 2.31. The van der Waals surface area contributed by atoms with Crippen molar-refractivity contribution in [3.05, 3.63) is 23.8 Å². The average molecular weight is 178 g/mol. The van der Waals surface area contributed by atoms with Gasteiger partial charge in [0.25, 0.3) is 0 Å². The van der Waals surface area contributed by atoms with Gasteiger partial charge in [-0.15, -0.1) is 0 Å². The molecule has 13 heavy (non-hydrogen) atoms. The van der Waals surface area contributed by atoms with E-state index in [1.54, 1.807) is 6.92 Å². The summed E-state index contributed by atoms with van der Waals surface area (Å²) in [5.41, 5.74) is 1.29. The minimum atomic E-state index is 0.153. The van der Waals surface area contributed by atoms with Crippen LogP contribution in [-0.4, -0.2) is 5.78 Å². The Kier molecular flexibility index (Phi) is 3.47. The van der Waals surface area contributed by atoms with Crippen molar-refractivity contribution in [3.8, 4) is 0 Å². The number of hydrogen-bond acceptors (Lipinski definition) is 1. The molecule has 0 spiro atoms. The molecule has 0 aromatic carbocycles. The van der Waals surface area contributed by atoms with E-state index in [-0.39, 0.29) is 5.92 Å². The maximum Gasteiger partial charge on any atom is 0.137 e. The van der Waals surface area contributed by atoms with Crippen LogP contribution in [0.2, 0.25) is 0 Å². The molecule has 72 valence electrons. The van der Waals surface area contributed by atoms with Crippen molar-refractivity contribution >= 4 is 5.78 Å². The van der Waals surface area contributed by atoms with E-state index in [1.165, 1.54) is 5.57 Å². The van der Waals surface area contributed by atoms with Crippen LogP contribution in [0.1, 0.15) is 33.6 Å². The second kappa shape index (κ2) is 4.40.